The van der Waals surface area contributed by atoms with E-state index in [4.69, 9.17) is 0 Å². The molecule has 0 radical (unpaired) electrons. The molecular weight excluding hydrogens is 558 g/mol. The number of hydrogen-bond donors (Lipinski definition) is 1. The molecule has 1 heterocycles. The molecule has 7 nitrogen and oxygen atoms in total. The standard InChI is InChI=1S/C32H34F2N4O3S/c1-21-7-12-26(13-8-21)42(40,41)36-30-6-4-5-23-9-11-25(19-28(23)30)38(20-31-35-15-16-37(31)3)32(39)17-22(2)27-14-10-24(33)18-29(27)34/h7-16,18-19,22,30,36H,4-6,17,20H2,1-3H3/t22-,30+/m1/s1. The fourth-order valence-corrected chi connectivity index (χ4v) is 6.70. The van der Waals surface area contributed by atoms with Crippen LogP contribution < -0.4 is 9.62 Å². The maximum Gasteiger partial charge on any atom is 0.241 e. The normalized spacial score (nSPS) is 15.7. The molecule has 5 rings (SSSR count). The van der Waals surface area contributed by atoms with Crippen LogP contribution in [0.4, 0.5) is 14.5 Å². The third-order valence-corrected chi connectivity index (χ3v) is 9.37. The molecule has 42 heavy (non-hydrogen) atoms. The predicted molar refractivity (Wildman–Crippen MR) is 157 cm³/mol. The maximum atomic E-state index is 14.5. The van der Waals surface area contributed by atoms with Crippen molar-refractivity contribution in [3.63, 3.8) is 0 Å². The zero-order valence-corrected chi connectivity index (χ0v) is 24.7. The summed E-state index contributed by atoms with van der Waals surface area (Å²) in [5.41, 5.74) is 3.67. The maximum absolute atomic E-state index is 14.5. The van der Waals surface area contributed by atoms with E-state index in [0.29, 0.717) is 17.9 Å². The lowest BCUT2D eigenvalue weighted by Crippen LogP contribution is -2.34. The fourth-order valence-electron chi connectivity index (χ4n) is 5.45. The van der Waals surface area contributed by atoms with Crippen molar-refractivity contribution >= 4 is 21.6 Å². The highest BCUT2D eigenvalue weighted by molar-refractivity contribution is 7.89. The van der Waals surface area contributed by atoms with Crippen LogP contribution in [0.25, 0.3) is 0 Å². The van der Waals surface area contributed by atoms with Crippen molar-refractivity contribution < 1.29 is 22.0 Å². The molecule has 0 spiro atoms. The molecule has 0 fully saturated rings. The number of imidazole rings is 1. The SMILES string of the molecule is Cc1ccc(S(=O)(=O)N[C@H]2CCCc3ccc(N(Cc4nccn4C)C(=O)C[C@@H](C)c4ccc(F)cc4F)cc32)cc1. The number of benzene rings is 3. The molecule has 1 amide bonds. The largest absolute Gasteiger partial charge is 0.337 e. The number of anilines is 1. The summed E-state index contributed by atoms with van der Waals surface area (Å²) in [4.78, 5) is 20.0. The number of fused-ring (bicyclic) bond motifs is 1. The van der Waals surface area contributed by atoms with Crippen molar-refractivity contribution in [2.24, 2.45) is 7.05 Å². The van der Waals surface area contributed by atoms with Gasteiger partial charge in [-0.25, -0.2) is 26.9 Å². The van der Waals surface area contributed by atoms with Crippen LogP contribution in [0, 0.1) is 18.6 Å². The van der Waals surface area contributed by atoms with Crippen LogP contribution in [-0.2, 0) is 34.8 Å². The van der Waals surface area contributed by atoms with Crippen LogP contribution in [0.5, 0.6) is 0 Å². The Labute approximate surface area is 245 Å². The van der Waals surface area contributed by atoms with Gasteiger partial charge < -0.3 is 9.47 Å². The Hall–Kier alpha value is -3.89. The van der Waals surface area contributed by atoms with Gasteiger partial charge in [0.1, 0.15) is 17.5 Å². The molecule has 0 aliphatic heterocycles. The second-order valence-corrected chi connectivity index (χ2v) is 12.7. The number of aromatic nitrogens is 2. The molecule has 10 heteroatoms. The summed E-state index contributed by atoms with van der Waals surface area (Å²) in [6, 6.07) is 15.3. The number of amides is 1. The molecule has 4 aromatic rings. The Morgan fingerprint density at radius 3 is 2.57 bits per heavy atom. The summed E-state index contributed by atoms with van der Waals surface area (Å²) >= 11 is 0. The molecule has 2 atom stereocenters. The molecule has 0 unspecified atom stereocenters. The van der Waals surface area contributed by atoms with Crippen molar-refractivity contribution in [3.05, 3.63) is 113 Å². The lowest BCUT2D eigenvalue weighted by Gasteiger charge is -2.30. The van der Waals surface area contributed by atoms with Crippen LogP contribution >= 0.6 is 0 Å². The van der Waals surface area contributed by atoms with Crippen molar-refractivity contribution in [1.29, 1.82) is 0 Å². The summed E-state index contributed by atoms with van der Waals surface area (Å²) in [5, 5.41) is 0. The summed E-state index contributed by atoms with van der Waals surface area (Å²) < 4.78 is 59.2. The quantitative estimate of drug-likeness (QED) is 0.255. The predicted octanol–water partition coefficient (Wildman–Crippen LogP) is 6.09. The summed E-state index contributed by atoms with van der Waals surface area (Å²) in [5.74, 6) is -1.48. The smallest absolute Gasteiger partial charge is 0.241 e. The number of carbonyl (C=O) groups is 1. The lowest BCUT2D eigenvalue weighted by atomic mass is 9.87. The van der Waals surface area contributed by atoms with Gasteiger partial charge in [0.15, 0.2) is 0 Å². The third-order valence-electron chi connectivity index (χ3n) is 7.88. The van der Waals surface area contributed by atoms with E-state index in [1.165, 1.54) is 12.1 Å². The van der Waals surface area contributed by atoms with Crippen LogP contribution in [0.1, 0.15) is 66.2 Å². The fraction of sp³-hybridized carbons (Fsp3) is 0.312. The van der Waals surface area contributed by atoms with E-state index in [-0.39, 0.29) is 29.3 Å². The number of aryl methyl sites for hydroxylation is 3. The van der Waals surface area contributed by atoms with Gasteiger partial charge in [-0.05, 0) is 79.1 Å². The zero-order chi connectivity index (χ0) is 30.0. The number of sulfonamides is 1. The van der Waals surface area contributed by atoms with Gasteiger partial charge >= 0.3 is 0 Å². The minimum absolute atomic E-state index is 0.0203. The van der Waals surface area contributed by atoms with Crippen LogP contribution in [0.15, 0.2) is 78.0 Å². The number of rotatable bonds is 9. The summed E-state index contributed by atoms with van der Waals surface area (Å²) in [6.45, 7) is 3.80. The second-order valence-electron chi connectivity index (χ2n) is 11.0. The zero-order valence-electron chi connectivity index (χ0n) is 23.8. The first-order chi connectivity index (χ1) is 20.0. The number of nitrogens with one attached hydrogen (secondary N) is 1. The minimum Gasteiger partial charge on any atom is -0.337 e. The monoisotopic (exact) mass is 592 g/mol. The molecule has 1 aliphatic rings. The van der Waals surface area contributed by atoms with E-state index in [1.807, 2.05) is 36.7 Å². The molecular formula is C32H34F2N4O3S. The highest BCUT2D eigenvalue weighted by atomic mass is 32.2. The number of hydrogen-bond acceptors (Lipinski definition) is 4. The first-order valence-electron chi connectivity index (χ1n) is 13.9. The number of nitrogens with zero attached hydrogens (tertiary/aromatic N) is 3. The Balaban J connectivity index is 1.46. The lowest BCUT2D eigenvalue weighted by molar-refractivity contribution is -0.119. The molecule has 220 valence electrons. The van der Waals surface area contributed by atoms with E-state index < -0.39 is 33.6 Å². The Morgan fingerprint density at radius 1 is 1.12 bits per heavy atom. The van der Waals surface area contributed by atoms with E-state index in [0.717, 1.165) is 35.6 Å². The van der Waals surface area contributed by atoms with Gasteiger partial charge in [-0.1, -0.05) is 36.8 Å². The molecule has 0 saturated heterocycles. The van der Waals surface area contributed by atoms with Crippen molar-refractivity contribution in [2.45, 2.75) is 62.9 Å². The Kier molecular flexibility index (Phi) is 8.56. The van der Waals surface area contributed by atoms with Crippen molar-refractivity contribution in [1.82, 2.24) is 14.3 Å². The van der Waals surface area contributed by atoms with E-state index in [1.54, 1.807) is 48.5 Å². The first-order valence-corrected chi connectivity index (χ1v) is 15.4. The average molecular weight is 593 g/mol. The molecule has 0 bridgehead atoms. The Bertz CT molecular complexity index is 1700. The van der Waals surface area contributed by atoms with E-state index in [9.17, 15) is 22.0 Å². The minimum atomic E-state index is -3.78. The van der Waals surface area contributed by atoms with Crippen LogP contribution in [-0.4, -0.2) is 23.9 Å². The van der Waals surface area contributed by atoms with Gasteiger partial charge in [0.25, 0.3) is 0 Å². The van der Waals surface area contributed by atoms with Gasteiger partial charge in [0.2, 0.25) is 15.9 Å². The van der Waals surface area contributed by atoms with Crippen molar-refractivity contribution in [2.75, 3.05) is 4.90 Å². The topological polar surface area (TPSA) is 84.3 Å². The molecule has 1 aliphatic carbocycles. The Morgan fingerprint density at radius 2 is 1.88 bits per heavy atom. The number of halogens is 2. The van der Waals surface area contributed by atoms with Gasteiger partial charge in [-0.2, -0.15) is 0 Å². The van der Waals surface area contributed by atoms with Gasteiger partial charge in [-0.3, -0.25) is 4.79 Å². The van der Waals surface area contributed by atoms with Gasteiger partial charge in [-0.15, -0.1) is 0 Å². The molecule has 1 N–H and O–H groups in total. The molecule has 3 aromatic carbocycles. The molecule has 1 aromatic heterocycles. The van der Waals surface area contributed by atoms with Crippen LogP contribution in [0.2, 0.25) is 0 Å². The third kappa shape index (κ3) is 6.44. The second kappa shape index (κ2) is 12.1. The number of carbonyl (C=O) groups excluding carboxylic acids is 1. The average Bonchev–Trinajstić information content (AvgIpc) is 3.35. The summed E-state index contributed by atoms with van der Waals surface area (Å²) in [6.07, 6.45) is 5.66. The highest BCUT2D eigenvalue weighted by Crippen LogP contribution is 2.35. The van der Waals surface area contributed by atoms with Gasteiger partial charge in [0.05, 0.1) is 11.4 Å². The van der Waals surface area contributed by atoms with Gasteiger partial charge in [0, 0.05) is 43.7 Å². The highest BCUT2D eigenvalue weighted by Gasteiger charge is 2.28. The molecule has 0 saturated carbocycles. The van der Waals surface area contributed by atoms with E-state index >= 15 is 0 Å². The van der Waals surface area contributed by atoms with Crippen LogP contribution in [0.3, 0.4) is 0 Å². The first kappa shape index (κ1) is 29.6. The summed E-state index contributed by atoms with van der Waals surface area (Å²) in [7, 11) is -1.94. The van der Waals surface area contributed by atoms with E-state index in [2.05, 4.69) is 9.71 Å². The van der Waals surface area contributed by atoms with Crippen molar-refractivity contribution in [3.8, 4) is 0 Å².